The molecule has 0 spiro atoms. The van der Waals surface area contributed by atoms with E-state index in [0.29, 0.717) is 23.5 Å². The number of hydrogen-bond donors (Lipinski definition) is 2. The highest BCUT2D eigenvalue weighted by atomic mass is 16.5. The molecule has 2 N–H and O–H groups in total. The number of para-hydroxylation sites is 1. The summed E-state index contributed by atoms with van der Waals surface area (Å²) in [6.45, 7) is 5.39. The average Bonchev–Trinajstić information content (AvgIpc) is 2.57. The fourth-order valence-corrected chi connectivity index (χ4v) is 2.20. The lowest BCUT2D eigenvalue weighted by Gasteiger charge is -2.25. The van der Waals surface area contributed by atoms with Gasteiger partial charge in [0.25, 0.3) is 5.91 Å². The molecule has 2 rings (SSSR count). The van der Waals surface area contributed by atoms with Gasteiger partial charge in [-0.2, -0.15) is 0 Å². The Hall–Kier alpha value is -2.82. The van der Waals surface area contributed by atoms with Crippen molar-refractivity contribution in [1.82, 2.24) is 0 Å². The molecule has 0 unspecified atom stereocenters. The molecule has 2 aromatic carbocycles. The second-order valence-corrected chi connectivity index (χ2v) is 6.26. The SMILES string of the molecule is CCCC(=O)Nc1ccc(NC(=O)C(C)(C)Oc2ccccc2)cc1. The van der Waals surface area contributed by atoms with Crippen molar-refractivity contribution < 1.29 is 14.3 Å². The zero-order valence-electron chi connectivity index (χ0n) is 14.8. The third-order valence-electron chi connectivity index (χ3n) is 3.57. The zero-order valence-corrected chi connectivity index (χ0v) is 14.8. The van der Waals surface area contributed by atoms with Gasteiger partial charge in [0.05, 0.1) is 0 Å². The Morgan fingerprint density at radius 1 is 0.920 bits per heavy atom. The van der Waals surface area contributed by atoms with Gasteiger partial charge in [0.2, 0.25) is 5.91 Å². The van der Waals surface area contributed by atoms with Gasteiger partial charge < -0.3 is 15.4 Å². The molecular formula is C20H24N2O3. The van der Waals surface area contributed by atoms with Crippen LogP contribution in [-0.2, 0) is 9.59 Å². The molecule has 0 aliphatic carbocycles. The molecule has 2 aromatic rings. The van der Waals surface area contributed by atoms with Crippen molar-refractivity contribution in [2.24, 2.45) is 0 Å². The lowest BCUT2D eigenvalue weighted by atomic mass is 10.1. The average molecular weight is 340 g/mol. The van der Waals surface area contributed by atoms with Crippen LogP contribution in [0.25, 0.3) is 0 Å². The standard InChI is InChI=1S/C20H24N2O3/c1-4-8-18(23)21-15-11-13-16(14-12-15)22-19(24)20(2,3)25-17-9-6-5-7-10-17/h5-7,9-14H,4,8H2,1-3H3,(H,21,23)(H,22,24). The predicted molar refractivity (Wildman–Crippen MR) is 99.8 cm³/mol. The Labute approximate surface area is 148 Å². The van der Waals surface area contributed by atoms with Crippen LogP contribution in [0.2, 0.25) is 0 Å². The molecule has 5 nitrogen and oxygen atoms in total. The molecule has 0 aliphatic heterocycles. The van der Waals surface area contributed by atoms with E-state index in [0.717, 1.165) is 6.42 Å². The second-order valence-electron chi connectivity index (χ2n) is 6.26. The molecule has 25 heavy (non-hydrogen) atoms. The Balaban J connectivity index is 1.96. The van der Waals surface area contributed by atoms with Crippen molar-refractivity contribution in [1.29, 1.82) is 0 Å². The van der Waals surface area contributed by atoms with Crippen LogP contribution in [0.3, 0.4) is 0 Å². The minimum Gasteiger partial charge on any atom is -0.478 e. The zero-order chi connectivity index (χ0) is 18.3. The van der Waals surface area contributed by atoms with Crippen LogP contribution in [0.15, 0.2) is 54.6 Å². The van der Waals surface area contributed by atoms with Gasteiger partial charge in [-0.05, 0) is 56.7 Å². The van der Waals surface area contributed by atoms with E-state index in [-0.39, 0.29) is 11.8 Å². The molecule has 132 valence electrons. The number of amides is 2. The van der Waals surface area contributed by atoms with Gasteiger partial charge in [-0.1, -0.05) is 25.1 Å². The van der Waals surface area contributed by atoms with Crippen molar-refractivity contribution in [2.45, 2.75) is 39.2 Å². The predicted octanol–water partition coefficient (Wildman–Crippen LogP) is 4.22. The van der Waals surface area contributed by atoms with E-state index in [1.165, 1.54) is 0 Å². The van der Waals surface area contributed by atoms with Gasteiger partial charge in [-0.15, -0.1) is 0 Å². The number of rotatable bonds is 7. The Morgan fingerprint density at radius 3 is 2.04 bits per heavy atom. The second kappa shape index (κ2) is 8.33. The van der Waals surface area contributed by atoms with E-state index < -0.39 is 5.60 Å². The highest BCUT2D eigenvalue weighted by molar-refractivity contribution is 5.97. The van der Waals surface area contributed by atoms with E-state index in [2.05, 4.69) is 10.6 Å². The molecule has 0 radical (unpaired) electrons. The molecule has 2 amide bonds. The number of nitrogens with one attached hydrogen (secondary N) is 2. The van der Waals surface area contributed by atoms with E-state index in [9.17, 15) is 9.59 Å². The first kappa shape index (κ1) is 18.5. The summed E-state index contributed by atoms with van der Waals surface area (Å²) in [5.74, 6) is 0.368. The van der Waals surface area contributed by atoms with Gasteiger partial charge >= 0.3 is 0 Å². The lowest BCUT2D eigenvalue weighted by molar-refractivity contribution is -0.128. The van der Waals surface area contributed by atoms with Gasteiger partial charge in [0.1, 0.15) is 5.75 Å². The topological polar surface area (TPSA) is 67.4 Å². The lowest BCUT2D eigenvalue weighted by Crippen LogP contribution is -2.42. The summed E-state index contributed by atoms with van der Waals surface area (Å²) in [6.07, 6.45) is 1.29. The summed E-state index contributed by atoms with van der Waals surface area (Å²) >= 11 is 0. The van der Waals surface area contributed by atoms with Crippen LogP contribution in [0.4, 0.5) is 11.4 Å². The number of hydrogen-bond acceptors (Lipinski definition) is 3. The van der Waals surface area contributed by atoms with Gasteiger partial charge in [0.15, 0.2) is 5.60 Å². The first-order valence-electron chi connectivity index (χ1n) is 8.36. The molecule has 0 bridgehead atoms. The molecule has 0 fully saturated rings. The molecule has 0 atom stereocenters. The van der Waals surface area contributed by atoms with Crippen LogP contribution in [-0.4, -0.2) is 17.4 Å². The quantitative estimate of drug-likeness (QED) is 0.793. The van der Waals surface area contributed by atoms with Crippen LogP contribution >= 0.6 is 0 Å². The van der Waals surface area contributed by atoms with Gasteiger partial charge in [0, 0.05) is 17.8 Å². The number of ether oxygens (including phenoxy) is 1. The van der Waals surface area contributed by atoms with E-state index in [1.807, 2.05) is 37.3 Å². The third-order valence-corrected chi connectivity index (χ3v) is 3.57. The van der Waals surface area contributed by atoms with Crippen molar-refractivity contribution in [3.8, 4) is 5.75 Å². The maximum Gasteiger partial charge on any atom is 0.267 e. The largest absolute Gasteiger partial charge is 0.478 e. The van der Waals surface area contributed by atoms with Crippen LogP contribution in [0, 0.1) is 0 Å². The molecule has 0 aliphatic rings. The minimum atomic E-state index is -1.02. The monoisotopic (exact) mass is 340 g/mol. The fraction of sp³-hybridized carbons (Fsp3) is 0.300. The smallest absolute Gasteiger partial charge is 0.267 e. The Morgan fingerprint density at radius 2 is 1.48 bits per heavy atom. The van der Waals surface area contributed by atoms with Gasteiger partial charge in [-0.3, -0.25) is 9.59 Å². The summed E-state index contributed by atoms with van der Waals surface area (Å²) in [5, 5.41) is 5.64. The van der Waals surface area contributed by atoms with E-state index in [4.69, 9.17) is 4.74 Å². The van der Waals surface area contributed by atoms with Crippen LogP contribution < -0.4 is 15.4 Å². The van der Waals surface area contributed by atoms with E-state index >= 15 is 0 Å². The summed E-state index contributed by atoms with van der Waals surface area (Å²) in [4.78, 5) is 24.1. The molecule has 0 aromatic heterocycles. The summed E-state index contributed by atoms with van der Waals surface area (Å²) in [5.41, 5.74) is 0.328. The van der Waals surface area contributed by atoms with Crippen molar-refractivity contribution >= 4 is 23.2 Å². The number of benzene rings is 2. The molecule has 0 saturated heterocycles. The van der Waals surface area contributed by atoms with Crippen molar-refractivity contribution in [3.05, 3.63) is 54.6 Å². The van der Waals surface area contributed by atoms with Crippen LogP contribution in [0.1, 0.15) is 33.6 Å². The Bertz CT molecular complexity index is 709. The summed E-state index contributed by atoms with van der Waals surface area (Å²) < 4.78 is 5.77. The fourth-order valence-electron chi connectivity index (χ4n) is 2.20. The summed E-state index contributed by atoms with van der Waals surface area (Å²) in [6, 6.07) is 16.2. The number of carbonyl (C=O) groups is 2. The van der Waals surface area contributed by atoms with Gasteiger partial charge in [-0.25, -0.2) is 0 Å². The highest BCUT2D eigenvalue weighted by Crippen LogP contribution is 2.20. The molecule has 5 heteroatoms. The van der Waals surface area contributed by atoms with Crippen LogP contribution in [0.5, 0.6) is 5.75 Å². The maximum absolute atomic E-state index is 12.5. The highest BCUT2D eigenvalue weighted by Gasteiger charge is 2.30. The maximum atomic E-state index is 12.5. The molecule has 0 saturated carbocycles. The first-order chi connectivity index (χ1) is 11.9. The normalized spacial score (nSPS) is 10.8. The van der Waals surface area contributed by atoms with Crippen molar-refractivity contribution in [2.75, 3.05) is 10.6 Å². The molecular weight excluding hydrogens is 316 g/mol. The Kier molecular flexibility index (Phi) is 6.17. The first-order valence-corrected chi connectivity index (χ1v) is 8.36. The number of anilines is 2. The third kappa shape index (κ3) is 5.64. The van der Waals surface area contributed by atoms with Crippen molar-refractivity contribution in [3.63, 3.8) is 0 Å². The minimum absolute atomic E-state index is 0.0170. The van der Waals surface area contributed by atoms with E-state index in [1.54, 1.807) is 38.1 Å². The molecule has 0 heterocycles. The number of carbonyl (C=O) groups excluding carboxylic acids is 2. The summed E-state index contributed by atoms with van der Waals surface area (Å²) in [7, 11) is 0.